The Kier molecular flexibility index (Phi) is 5.17. The van der Waals surface area contributed by atoms with Gasteiger partial charge in [0.2, 0.25) is 5.91 Å². The van der Waals surface area contributed by atoms with Crippen LogP contribution in [0.25, 0.3) is 0 Å². The SMILES string of the molecule is Cc1ccc(C)c(NC(=O)C2(S(=O)(=O)c3cc(C)ccc3C)CCCC2)c1. The molecule has 1 aliphatic carbocycles. The molecule has 2 aromatic rings. The van der Waals surface area contributed by atoms with Crippen molar-refractivity contribution in [2.45, 2.75) is 63.0 Å². The van der Waals surface area contributed by atoms with Crippen molar-refractivity contribution in [1.29, 1.82) is 0 Å². The Bertz CT molecular complexity index is 987. The molecule has 1 amide bonds. The molecule has 0 heterocycles. The quantitative estimate of drug-likeness (QED) is 0.833. The van der Waals surface area contributed by atoms with E-state index in [0.717, 1.165) is 29.5 Å². The van der Waals surface area contributed by atoms with Crippen molar-refractivity contribution >= 4 is 21.4 Å². The van der Waals surface area contributed by atoms with E-state index in [2.05, 4.69) is 5.32 Å². The molecule has 5 heteroatoms. The maximum atomic E-state index is 13.7. The zero-order valence-corrected chi connectivity index (χ0v) is 17.2. The molecule has 0 spiro atoms. The molecule has 0 aliphatic heterocycles. The van der Waals surface area contributed by atoms with Gasteiger partial charge < -0.3 is 5.32 Å². The Labute approximate surface area is 161 Å². The van der Waals surface area contributed by atoms with Gasteiger partial charge in [0.1, 0.15) is 0 Å². The lowest BCUT2D eigenvalue weighted by molar-refractivity contribution is -0.118. The van der Waals surface area contributed by atoms with E-state index in [9.17, 15) is 13.2 Å². The molecule has 1 aliphatic rings. The summed E-state index contributed by atoms with van der Waals surface area (Å²) < 4.78 is 25.9. The standard InChI is InChI=1S/C22H27NO3S/c1-15-7-9-17(3)19(13-15)23-21(24)22(11-5-6-12-22)27(25,26)20-14-16(2)8-10-18(20)4/h7-10,13-14H,5-6,11-12H2,1-4H3,(H,23,24). The lowest BCUT2D eigenvalue weighted by atomic mass is 10.0. The van der Waals surface area contributed by atoms with Crippen molar-refractivity contribution in [1.82, 2.24) is 0 Å². The third kappa shape index (κ3) is 3.41. The second kappa shape index (κ2) is 7.12. The van der Waals surface area contributed by atoms with Crippen LogP contribution in [0.1, 0.15) is 47.9 Å². The maximum absolute atomic E-state index is 13.7. The molecular formula is C22H27NO3S. The van der Waals surface area contributed by atoms with Crippen molar-refractivity contribution in [2.75, 3.05) is 5.32 Å². The molecular weight excluding hydrogens is 358 g/mol. The summed E-state index contributed by atoms with van der Waals surface area (Å²) in [5.74, 6) is -0.408. The van der Waals surface area contributed by atoms with Gasteiger partial charge in [-0.05, 0) is 74.9 Å². The van der Waals surface area contributed by atoms with Gasteiger partial charge in [-0.15, -0.1) is 0 Å². The van der Waals surface area contributed by atoms with Crippen molar-refractivity contribution in [3.63, 3.8) is 0 Å². The van der Waals surface area contributed by atoms with Crippen LogP contribution in [-0.4, -0.2) is 19.1 Å². The molecule has 0 radical (unpaired) electrons. The molecule has 2 aromatic carbocycles. The molecule has 144 valence electrons. The molecule has 0 saturated heterocycles. The predicted molar refractivity (Wildman–Crippen MR) is 109 cm³/mol. The van der Waals surface area contributed by atoms with E-state index < -0.39 is 20.5 Å². The van der Waals surface area contributed by atoms with Gasteiger partial charge in [0, 0.05) is 5.69 Å². The number of amides is 1. The Morgan fingerprint density at radius 1 is 0.889 bits per heavy atom. The Balaban J connectivity index is 2.06. The van der Waals surface area contributed by atoms with Crippen LogP contribution in [0.4, 0.5) is 5.69 Å². The van der Waals surface area contributed by atoms with Gasteiger partial charge in [-0.25, -0.2) is 8.42 Å². The molecule has 3 rings (SSSR count). The minimum Gasteiger partial charge on any atom is -0.324 e. The zero-order valence-electron chi connectivity index (χ0n) is 16.4. The molecule has 1 saturated carbocycles. The van der Waals surface area contributed by atoms with Gasteiger partial charge in [0.05, 0.1) is 4.90 Å². The number of aryl methyl sites for hydroxylation is 4. The number of rotatable bonds is 4. The van der Waals surface area contributed by atoms with Gasteiger partial charge >= 0.3 is 0 Å². The van der Waals surface area contributed by atoms with E-state index in [-0.39, 0.29) is 4.90 Å². The third-order valence-corrected chi connectivity index (χ3v) is 8.26. The van der Waals surface area contributed by atoms with Gasteiger partial charge in [0.15, 0.2) is 14.6 Å². The number of benzene rings is 2. The van der Waals surface area contributed by atoms with Gasteiger partial charge in [-0.1, -0.05) is 37.1 Å². The normalized spacial score (nSPS) is 16.3. The van der Waals surface area contributed by atoms with Crippen LogP contribution in [0.3, 0.4) is 0 Å². The molecule has 1 fully saturated rings. The summed E-state index contributed by atoms with van der Waals surface area (Å²) in [6, 6.07) is 11.2. The Morgan fingerprint density at radius 3 is 2.07 bits per heavy atom. The number of carbonyl (C=O) groups excluding carboxylic acids is 1. The summed E-state index contributed by atoms with van der Waals surface area (Å²) >= 11 is 0. The number of nitrogens with one attached hydrogen (secondary N) is 1. The monoisotopic (exact) mass is 385 g/mol. The third-order valence-electron chi connectivity index (χ3n) is 5.61. The van der Waals surface area contributed by atoms with E-state index in [1.807, 2.05) is 51.1 Å². The molecule has 0 aromatic heterocycles. The summed E-state index contributed by atoms with van der Waals surface area (Å²) in [7, 11) is -3.81. The fourth-order valence-electron chi connectivity index (χ4n) is 3.88. The molecule has 4 nitrogen and oxygen atoms in total. The smallest absolute Gasteiger partial charge is 0.246 e. The van der Waals surface area contributed by atoms with Crippen LogP contribution in [-0.2, 0) is 14.6 Å². The first-order valence-corrected chi connectivity index (χ1v) is 10.9. The lowest BCUT2D eigenvalue weighted by Gasteiger charge is -2.29. The second-order valence-electron chi connectivity index (χ2n) is 7.75. The van der Waals surface area contributed by atoms with Crippen molar-refractivity contribution in [3.8, 4) is 0 Å². The summed E-state index contributed by atoms with van der Waals surface area (Å²) in [6.07, 6.45) is 2.20. The Morgan fingerprint density at radius 2 is 1.44 bits per heavy atom. The van der Waals surface area contributed by atoms with Crippen LogP contribution in [0.15, 0.2) is 41.3 Å². The number of hydrogen-bond acceptors (Lipinski definition) is 3. The summed E-state index contributed by atoms with van der Waals surface area (Å²) in [6.45, 7) is 7.52. The van der Waals surface area contributed by atoms with Crippen LogP contribution < -0.4 is 5.32 Å². The summed E-state index contributed by atoms with van der Waals surface area (Å²) in [4.78, 5) is 13.6. The fraction of sp³-hybridized carbons (Fsp3) is 0.409. The van der Waals surface area contributed by atoms with E-state index in [1.54, 1.807) is 13.0 Å². The van der Waals surface area contributed by atoms with Crippen LogP contribution in [0.2, 0.25) is 0 Å². The van der Waals surface area contributed by atoms with Crippen molar-refractivity contribution in [3.05, 3.63) is 58.7 Å². The largest absolute Gasteiger partial charge is 0.324 e. The molecule has 0 atom stereocenters. The van der Waals surface area contributed by atoms with E-state index in [1.165, 1.54) is 0 Å². The molecule has 1 N–H and O–H groups in total. The highest BCUT2D eigenvalue weighted by atomic mass is 32.2. The molecule has 0 bridgehead atoms. The minimum absolute atomic E-state index is 0.278. The number of hydrogen-bond donors (Lipinski definition) is 1. The first-order valence-electron chi connectivity index (χ1n) is 9.38. The van der Waals surface area contributed by atoms with E-state index >= 15 is 0 Å². The van der Waals surface area contributed by atoms with Gasteiger partial charge in [-0.3, -0.25) is 4.79 Å². The number of anilines is 1. The minimum atomic E-state index is -3.81. The fourth-order valence-corrected chi connectivity index (χ4v) is 6.25. The highest BCUT2D eigenvalue weighted by Gasteiger charge is 2.53. The predicted octanol–water partition coefficient (Wildman–Crippen LogP) is 4.65. The van der Waals surface area contributed by atoms with Crippen LogP contribution in [0.5, 0.6) is 0 Å². The summed E-state index contributed by atoms with van der Waals surface area (Å²) in [5, 5.41) is 2.93. The second-order valence-corrected chi connectivity index (χ2v) is 9.97. The Hall–Kier alpha value is -2.14. The van der Waals surface area contributed by atoms with Crippen LogP contribution in [0, 0.1) is 27.7 Å². The topological polar surface area (TPSA) is 63.2 Å². The molecule has 27 heavy (non-hydrogen) atoms. The van der Waals surface area contributed by atoms with Gasteiger partial charge in [0.25, 0.3) is 0 Å². The van der Waals surface area contributed by atoms with Gasteiger partial charge in [-0.2, -0.15) is 0 Å². The zero-order chi connectivity index (χ0) is 19.8. The lowest BCUT2D eigenvalue weighted by Crippen LogP contribution is -2.47. The van der Waals surface area contributed by atoms with Crippen LogP contribution >= 0.6 is 0 Å². The van der Waals surface area contributed by atoms with E-state index in [0.29, 0.717) is 24.1 Å². The average molecular weight is 386 g/mol. The number of sulfone groups is 1. The first-order chi connectivity index (χ1) is 12.7. The summed E-state index contributed by atoms with van der Waals surface area (Å²) in [5.41, 5.74) is 4.19. The van der Waals surface area contributed by atoms with E-state index in [4.69, 9.17) is 0 Å². The number of carbonyl (C=O) groups is 1. The molecule has 0 unspecified atom stereocenters. The van der Waals surface area contributed by atoms with Crippen molar-refractivity contribution < 1.29 is 13.2 Å². The average Bonchev–Trinajstić information content (AvgIpc) is 3.12. The highest BCUT2D eigenvalue weighted by Crippen LogP contribution is 2.42. The maximum Gasteiger partial charge on any atom is 0.246 e. The first kappa shape index (κ1) is 19.6. The van der Waals surface area contributed by atoms with Crippen molar-refractivity contribution in [2.24, 2.45) is 0 Å². The highest BCUT2D eigenvalue weighted by molar-refractivity contribution is 7.93.